The molecule has 0 bridgehead atoms. The Kier molecular flexibility index (Phi) is 2.92. The van der Waals surface area contributed by atoms with E-state index in [0.717, 1.165) is 19.3 Å². The molecule has 0 radical (unpaired) electrons. The van der Waals surface area contributed by atoms with Crippen molar-refractivity contribution in [3.63, 3.8) is 0 Å². The van der Waals surface area contributed by atoms with E-state index in [4.69, 9.17) is 0 Å². The molecule has 3 nitrogen and oxygen atoms in total. The Labute approximate surface area is 98.8 Å². The summed E-state index contributed by atoms with van der Waals surface area (Å²) in [6, 6.07) is 0. The van der Waals surface area contributed by atoms with E-state index in [1.54, 1.807) is 0 Å². The van der Waals surface area contributed by atoms with Crippen LogP contribution in [-0.4, -0.2) is 27.7 Å². The van der Waals surface area contributed by atoms with Gasteiger partial charge in [-0.3, -0.25) is 4.79 Å². The normalized spacial score (nSPS) is 35.7. The van der Waals surface area contributed by atoms with Crippen molar-refractivity contribution >= 4 is 5.97 Å². The van der Waals surface area contributed by atoms with E-state index in [2.05, 4.69) is 0 Å². The standard InChI is InChI=1S/C12H18F2O3/c13-12(14)7-6-10(8-12,9(15)16)11(17)4-2-1-3-5-11/h17H,1-8H2,(H,15,16). The number of hydrogen-bond donors (Lipinski definition) is 2. The van der Waals surface area contributed by atoms with Crippen molar-refractivity contribution in [2.24, 2.45) is 5.41 Å². The number of rotatable bonds is 2. The zero-order valence-electron chi connectivity index (χ0n) is 9.72. The zero-order valence-corrected chi connectivity index (χ0v) is 9.72. The zero-order chi connectivity index (χ0) is 12.7. The van der Waals surface area contributed by atoms with Crippen molar-refractivity contribution in [2.75, 3.05) is 0 Å². The fraction of sp³-hybridized carbons (Fsp3) is 0.917. The molecule has 0 aliphatic heterocycles. The molecule has 0 aromatic heterocycles. The van der Waals surface area contributed by atoms with Crippen molar-refractivity contribution in [1.29, 1.82) is 0 Å². The van der Waals surface area contributed by atoms with Gasteiger partial charge in [-0.1, -0.05) is 19.3 Å². The first-order valence-corrected chi connectivity index (χ1v) is 6.15. The van der Waals surface area contributed by atoms with Gasteiger partial charge in [0.15, 0.2) is 0 Å². The highest BCUT2D eigenvalue weighted by atomic mass is 19.3. The molecule has 0 amide bonds. The van der Waals surface area contributed by atoms with Crippen molar-refractivity contribution < 1.29 is 23.8 Å². The van der Waals surface area contributed by atoms with Gasteiger partial charge in [0.05, 0.1) is 5.60 Å². The first kappa shape index (κ1) is 12.7. The van der Waals surface area contributed by atoms with Crippen LogP contribution in [0, 0.1) is 5.41 Å². The van der Waals surface area contributed by atoms with Gasteiger partial charge in [-0.05, 0) is 19.3 Å². The van der Waals surface area contributed by atoms with Crippen LogP contribution in [0.15, 0.2) is 0 Å². The molecule has 17 heavy (non-hydrogen) atoms. The molecule has 2 aliphatic carbocycles. The summed E-state index contributed by atoms with van der Waals surface area (Å²) >= 11 is 0. The maximum Gasteiger partial charge on any atom is 0.312 e. The fourth-order valence-electron chi connectivity index (χ4n) is 3.41. The third-order valence-corrected chi connectivity index (χ3v) is 4.46. The number of aliphatic hydroxyl groups is 1. The van der Waals surface area contributed by atoms with Crippen LogP contribution >= 0.6 is 0 Å². The van der Waals surface area contributed by atoms with Gasteiger partial charge in [-0.25, -0.2) is 8.78 Å². The van der Waals surface area contributed by atoms with Gasteiger partial charge >= 0.3 is 5.97 Å². The molecule has 1 atom stereocenters. The molecule has 1 unspecified atom stereocenters. The minimum atomic E-state index is -2.95. The molecule has 0 heterocycles. The average molecular weight is 248 g/mol. The van der Waals surface area contributed by atoms with Gasteiger partial charge < -0.3 is 10.2 Å². The summed E-state index contributed by atoms with van der Waals surface area (Å²) in [4.78, 5) is 11.4. The van der Waals surface area contributed by atoms with Crippen molar-refractivity contribution in [2.45, 2.75) is 62.9 Å². The molecule has 2 fully saturated rings. The number of carbonyl (C=O) groups is 1. The molecule has 0 aromatic rings. The quantitative estimate of drug-likeness (QED) is 0.789. The summed E-state index contributed by atoms with van der Waals surface area (Å²) in [7, 11) is 0. The van der Waals surface area contributed by atoms with E-state index in [-0.39, 0.29) is 6.42 Å². The number of alkyl halides is 2. The molecule has 2 aliphatic rings. The summed E-state index contributed by atoms with van der Waals surface area (Å²) in [6.07, 6.45) is 1.77. The van der Waals surface area contributed by atoms with E-state index in [0.29, 0.717) is 12.8 Å². The number of carboxylic acid groups (broad SMARTS) is 1. The topological polar surface area (TPSA) is 57.5 Å². The first-order chi connectivity index (χ1) is 7.81. The lowest BCUT2D eigenvalue weighted by Crippen LogP contribution is -2.53. The Hall–Kier alpha value is -0.710. The first-order valence-electron chi connectivity index (χ1n) is 6.15. The number of carboxylic acids is 1. The highest BCUT2D eigenvalue weighted by Crippen LogP contribution is 2.57. The van der Waals surface area contributed by atoms with Gasteiger partial charge in [0, 0.05) is 12.8 Å². The number of halogens is 2. The predicted octanol–water partition coefficient (Wildman–Crippen LogP) is 2.57. The van der Waals surface area contributed by atoms with E-state index in [1.165, 1.54) is 0 Å². The SMILES string of the molecule is O=C(O)C1(C2(O)CCCCC2)CCC(F)(F)C1. The van der Waals surface area contributed by atoms with Crippen LogP contribution in [0.4, 0.5) is 8.78 Å². The summed E-state index contributed by atoms with van der Waals surface area (Å²) in [6.45, 7) is 0. The van der Waals surface area contributed by atoms with Crippen LogP contribution in [-0.2, 0) is 4.79 Å². The van der Waals surface area contributed by atoms with E-state index < -0.39 is 35.7 Å². The minimum Gasteiger partial charge on any atom is -0.481 e. The highest BCUT2D eigenvalue weighted by Gasteiger charge is 2.64. The Balaban J connectivity index is 2.32. The summed E-state index contributed by atoms with van der Waals surface area (Å²) < 4.78 is 26.7. The molecular weight excluding hydrogens is 230 g/mol. The molecular formula is C12H18F2O3. The predicted molar refractivity (Wildman–Crippen MR) is 56.9 cm³/mol. The Morgan fingerprint density at radius 2 is 1.59 bits per heavy atom. The lowest BCUT2D eigenvalue weighted by Gasteiger charge is -2.44. The van der Waals surface area contributed by atoms with Crippen LogP contribution < -0.4 is 0 Å². The lowest BCUT2D eigenvalue weighted by molar-refractivity contribution is -0.178. The maximum absolute atomic E-state index is 13.4. The van der Waals surface area contributed by atoms with E-state index in [1.807, 2.05) is 0 Å². The van der Waals surface area contributed by atoms with Gasteiger partial charge in [0.25, 0.3) is 0 Å². The van der Waals surface area contributed by atoms with Crippen LogP contribution in [0.1, 0.15) is 51.4 Å². The average Bonchev–Trinajstić information content (AvgIpc) is 2.57. The summed E-state index contributed by atoms with van der Waals surface area (Å²) in [5.41, 5.74) is -3.09. The molecule has 98 valence electrons. The molecule has 0 saturated heterocycles. The van der Waals surface area contributed by atoms with Crippen LogP contribution in [0.3, 0.4) is 0 Å². The largest absolute Gasteiger partial charge is 0.481 e. The van der Waals surface area contributed by atoms with Crippen LogP contribution in [0.5, 0.6) is 0 Å². The van der Waals surface area contributed by atoms with Crippen LogP contribution in [0.2, 0.25) is 0 Å². The Morgan fingerprint density at radius 3 is 2.00 bits per heavy atom. The van der Waals surface area contributed by atoms with Crippen LogP contribution in [0.25, 0.3) is 0 Å². The number of aliphatic carboxylic acids is 1. The van der Waals surface area contributed by atoms with Gasteiger partial charge in [-0.15, -0.1) is 0 Å². The molecule has 2 rings (SSSR count). The van der Waals surface area contributed by atoms with Gasteiger partial charge in [0.1, 0.15) is 5.41 Å². The molecule has 0 spiro atoms. The Morgan fingerprint density at radius 1 is 1.00 bits per heavy atom. The molecule has 0 aromatic carbocycles. The fourth-order valence-corrected chi connectivity index (χ4v) is 3.41. The van der Waals surface area contributed by atoms with E-state index in [9.17, 15) is 23.8 Å². The molecule has 2 saturated carbocycles. The van der Waals surface area contributed by atoms with E-state index >= 15 is 0 Å². The number of hydrogen-bond acceptors (Lipinski definition) is 2. The van der Waals surface area contributed by atoms with Crippen molar-refractivity contribution in [1.82, 2.24) is 0 Å². The second-order valence-corrected chi connectivity index (χ2v) is 5.51. The third kappa shape index (κ3) is 1.94. The monoisotopic (exact) mass is 248 g/mol. The second kappa shape index (κ2) is 3.90. The van der Waals surface area contributed by atoms with Crippen molar-refractivity contribution in [3.05, 3.63) is 0 Å². The molecule has 2 N–H and O–H groups in total. The lowest BCUT2D eigenvalue weighted by atomic mass is 9.64. The minimum absolute atomic E-state index is 0.119. The summed E-state index contributed by atoms with van der Waals surface area (Å²) in [5.74, 6) is -4.22. The van der Waals surface area contributed by atoms with Crippen molar-refractivity contribution in [3.8, 4) is 0 Å². The summed E-state index contributed by atoms with van der Waals surface area (Å²) in [5, 5.41) is 19.8. The second-order valence-electron chi connectivity index (χ2n) is 5.51. The Bertz CT molecular complexity index is 324. The smallest absolute Gasteiger partial charge is 0.312 e. The molecule has 5 heteroatoms. The van der Waals surface area contributed by atoms with Gasteiger partial charge in [-0.2, -0.15) is 0 Å². The maximum atomic E-state index is 13.4. The third-order valence-electron chi connectivity index (χ3n) is 4.46. The highest BCUT2D eigenvalue weighted by molar-refractivity contribution is 5.77. The van der Waals surface area contributed by atoms with Gasteiger partial charge in [0.2, 0.25) is 5.92 Å².